The molecule has 2 aromatic carbocycles. The molecule has 0 radical (unpaired) electrons. The minimum Gasteiger partial charge on any atom is -0.481 e. The second-order valence-electron chi connectivity index (χ2n) is 6.74. The van der Waals surface area contributed by atoms with Gasteiger partial charge in [-0.05, 0) is 24.8 Å². The Labute approximate surface area is 185 Å². The summed E-state index contributed by atoms with van der Waals surface area (Å²) in [5.74, 6) is -0.481. The molecule has 9 nitrogen and oxygen atoms in total. The maximum absolute atomic E-state index is 11.5. The number of benzene rings is 2. The van der Waals surface area contributed by atoms with Gasteiger partial charge in [0.1, 0.15) is 6.04 Å². The van der Waals surface area contributed by atoms with Crippen LogP contribution in [0.4, 0.5) is 5.69 Å². The van der Waals surface area contributed by atoms with Gasteiger partial charge in [0, 0.05) is 34.7 Å². The van der Waals surface area contributed by atoms with Gasteiger partial charge in [-0.1, -0.05) is 41.6 Å². The first kappa shape index (κ1) is 21.0. The standard InChI is InChI=1S/C20H16ClN5O4S/c1-31-20-24-23-19-15(7-9-17(27)28)22-18(12-4-2-3-5-14(12)21)13-10-11(26(29)30)6-8-16(13)25(19)20/h2-6,8,10,15H,7,9H2,1H3,(H,27,28)/t15-/m0/s1. The predicted octanol–water partition coefficient (Wildman–Crippen LogP) is 4.31. The summed E-state index contributed by atoms with van der Waals surface area (Å²) in [5.41, 5.74) is 2.05. The number of thioether (sulfide) groups is 1. The molecule has 11 heteroatoms. The van der Waals surface area contributed by atoms with Gasteiger partial charge in [-0.25, -0.2) is 0 Å². The highest BCUT2D eigenvalue weighted by molar-refractivity contribution is 7.98. The van der Waals surface area contributed by atoms with E-state index in [1.165, 1.54) is 23.9 Å². The van der Waals surface area contributed by atoms with Crippen LogP contribution in [0.5, 0.6) is 0 Å². The van der Waals surface area contributed by atoms with Gasteiger partial charge in [-0.3, -0.25) is 24.5 Å². The molecule has 3 aromatic rings. The molecule has 0 saturated carbocycles. The molecule has 1 aliphatic heterocycles. The smallest absolute Gasteiger partial charge is 0.303 e. The summed E-state index contributed by atoms with van der Waals surface area (Å²) in [6.45, 7) is 0. The van der Waals surface area contributed by atoms with Gasteiger partial charge in [-0.2, -0.15) is 0 Å². The minimum atomic E-state index is -0.956. The number of aliphatic imine (C=N–C) groups is 1. The second-order valence-corrected chi connectivity index (χ2v) is 7.93. The Morgan fingerprint density at radius 2 is 2.03 bits per heavy atom. The number of carbonyl (C=O) groups is 1. The van der Waals surface area contributed by atoms with Crippen molar-refractivity contribution in [3.8, 4) is 5.69 Å². The number of nitro benzene ring substituents is 1. The molecule has 0 fully saturated rings. The number of carboxylic acids is 1. The quantitative estimate of drug-likeness (QED) is 0.332. The predicted molar refractivity (Wildman–Crippen MR) is 116 cm³/mol. The number of nitrogens with zero attached hydrogens (tertiary/aromatic N) is 5. The van der Waals surface area contributed by atoms with Crippen molar-refractivity contribution in [2.24, 2.45) is 4.99 Å². The van der Waals surface area contributed by atoms with Crippen LogP contribution in [0.15, 0.2) is 52.6 Å². The molecule has 2 heterocycles. The number of hydrogen-bond donors (Lipinski definition) is 1. The average molecular weight is 458 g/mol. The Morgan fingerprint density at radius 1 is 1.26 bits per heavy atom. The maximum atomic E-state index is 11.5. The monoisotopic (exact) mass is 457 g/mol. The fourth-order valence-electron chi connectivity index (χ4n) is 3.48. The summed E-state index contributed by atoms with van der Waals surface area (Å²) in [7, 11) is 0. The third-order valence-electron chi connectivity index (χ3n) is 4.87. The molecule has 0 unspecified atom stereocenters. The first-order valence-corrected chi connectivity index (χ1v) is 10.8. The number of non-ortho nitro benzene ring substituents is 1. The van der Waals surface area contributed by atoms with Crippen LogP contribution in [-0.4, -0.2) is 42.7 Å². The van der Waals surface area contributed by atoms with E-state index in [1.54, 1.807) is 34.9 Å². The molecule has 0 saturated heterocycles. The lowest BCUT2D eigenvalue weighted by Crippen LogP contribution is -2.09. The van der Waals surface area contributed by atoms with Gasteiger partial charge in [0.25, 0.3) is 5.69 Å². The largest absolute Gasteiger partial charge is 0.481 e. The Bertz CT molecular complexity index is 1230. The van der Waals surface area contributed by atoms with E-state index in [9.17, 15) is 20.0 Å². The van der Waals surface area contributed by atoms with E-state index < -0.39 is 16.9 Å². The van der Waals surface area contributed by atoms with Crippen molar-refractivity contribution in [3.05, 3.63) is 74.6 Å². The normalized spacial score (nSPS) is 14.9. The van der Waals surface area contributed by atoms with Gasteiger partial charge in [0.05, 0.1) is 16.3 Å². The summed E-state index contributed by atoms with van der Waals surface area (Å²) in [6.07, 6.45) is 1.91. The van der Waals surface area contributed by atoms with Crippen LogP contribution < -0.4 is 0 Å². The van der Waals surface area contributed by atoms with E-state index in [4.69, 9.17) is 16.6 Å². The summed E-state index contributed by atoms with van der Waals surface area (Å²) in [6, 6.07) is 10.9. The van der Waals surface area contributed by atoms with Crippen LogP contribution in [0.3, 0.4) is 0 Å². The molecular weight excluding hydrogens is 442 g/mol. The summed E-state index contributed by atoms with van der Waals surface area (Å²) in [5, 5.41) is 30.2. The minimum absolute atomic E-state index is 0.0946. The Hall–Kier alpha value is -3.24. The molecule has 1 N–H and O–H groups in total. The Morgan fingerprint density at radius 3 is 2.71 bits per heavy atom. The van der Waals surface area contributed by atoms with Crippen molar-refractivity contribution in [2.75, 3.05) is 6.26 Å². The SMILES string of the molecule is CSc1nnc2n1-c1ccc([N+](=O)[O-])cc1C(c1ccccc1Cl)=N[C@H]2CCC(=O)O. The number of carboxylic acid groups (broad SMARTS) is 1. The third-order valence-corrected chi connectivity index (χ3v) is 5.83. The number of aliphatic carboxylic acids is 1. The first-order chi connectivity index (χ1) is 14.9. The Balaban J connectivity index is 2.03. The van der Waals surface area contributed by atoms with Gasteiger partial charge in [-0.15, -0.1) is 10.2 Å². The molecule has 1 aromatic heterocycles. The van der Waals surface area contributed by atoms with E-state index in [1.807, 2.05) is 6.26 Å². The van der Waals surface area contributed by atoms with Crippen LogP contribution in [0.25, 0.3) is 5.69 Å². The van der Waals surface area contributed by atoms with E-state index >= 15 is 0 Å². The van der Waals surface area contributed by atoms with Gasteiger partial charge >= 0.3 is 5.97 Å². The van der Waals surface area contributed by atoms with Crippen LogP contribution >= 0.6 is 23.4 Å². The van der Waals surface area contributed by atoms with Crippen LogP contribution in [0.1, 0.15) is 35.8 Å². The molecule has 4 rings (SSSR count). The molecule has 0 amide bonds. The molecule has 31 heavy (non-hydrogen) atoms. The Kier molecular flexibility index (Phi) is 5.75. The third kappa shape index (κ3) is 3.91. The fourth-order valence-corrected chi connectivity index (χ4v) is 4.20. The number of fused-ring (bicyclic) bond motifs is 3. The van der Waals surface area contributed by atoms with Crippen molar-refractivity contribution < 1.29 is 14.8 Å². The fraction of sp³-hybridized carbons (Fsp3) is 0.200. The summed E-state index contributed by atoms with van der Waals surface area (Å²) < 4.78 is 1.78. The lowest BCUT2D eigenvalue weighted by Gasteiger charge is -2.13. The van der Waals surface area contributed by atoms with Crippen molar-refractivity contribution >= 4 is 40.7 Å². The molecule has 0 bridgehead atoms. The second kappa shape index (κ2) is 8.48. The highest BCUT2D eigenvalue weighted by Crippen LogP contribution is 2.37. The molecule has 158 valence electrons. The number of nitro groups is 1. The van der Waals surface area contributed by atoms with Crippen LogP contribution in [0, 0.1) is 10.1 Å². The van der Waals surface area contributed by atoms with Crippen molar-refractivity contribution in [1.29, 1.82) is 0 Å². The van der Waals surface area contributed by atoms with E-state index in [0.717, 1.165) is 0 Å². The van der Waals surface area contributed by atoms with Crippen molar-refractivity contribution in [2.45, 2.75) is 24.0 Å². The number of halogens is 1. The highest BCUT2D eigenvalue weighted by Gasteiger charge is 2.31. The molecule has 0 spiro atoms. The average Bonchev–Trinajstić information content (AvgIpc) is 3.12. The lowest BCUT2D eigenvalue weighted by atomic mass is 9.99. The van der Waals surface area contributed by atoms with Gasteiger partial charge < -0.3 is 5.11 Å². The first-order valence-electron chi connectivity index (χ1n) is 9.23. The van der Waals surface area contributed by atoms with Crippen molar-refractivity contribution in [3.63, 3.8) is 0 Å². The molecule has 1 atom stereocenters. The zero-order valence-electron chi connectivity index (χ0n) is 16.2. The van der Waals surface area contributed by atoms with Crippen LogP contribution in [-0.2, 0) is 4.79 Å². The van der Waals surface area contributed by atoms with E-state index in [-0.39, 0.29) is 18.5 Å². The summed E-state index contributed by atoms with van der Waals surface area (Å²) in [4.78, 5) is 27.1. The van der Waals surface area contributed by atoms with Crippen LogP contribution in [0.2, 0.25) is 5.02 Å². The number of hydrogen-bond acceptors (Lipinski definition) is 7. The topological polar surface area (TPSA) is 124 Å². The molecule has 1 aliphatic rings. The van der Waals surface area contributed by atoms with E-state index in [2.05, 4.69) is 10.2 Å². The highest BCUT2D eigenvalue weighted by atomic mass is 35.5. The van der Waals surface area contributed by atoms with Gasteiger partial charge in [0.2, 0.25) is 0 Å². The summed E-state index contributed by atoms with van der Waals surface area (Å²) >= 11 is 7.81. The number of aromatic nitrogens is 3. The molecular formula is C20H16ClN5O4S. The lowest BCUT2D eigenvalue weighted by molar-refractivity contribution is -0.384. The zero-order valence-corrected chi connectivity index (χ0v) is 17.8. The van der Waals surface area contributed by atoms with E-state index in [0.29, 0.717) is 38.5 Å². The van der Waals surface area contributed by atoms with Crippen molar-refractivity contribution in [1.82, 2.24) is 14.8 Å². The molecule has 0 aliphatic carbocycles. The zero-order chi connectivity index (χ0) is 22.1. The maximum Gasteiger partial charge on any atom is 0.303 e. The number of rotatable bonds is 6. The van der Waals surface area contributed by atoms with Gasteiger partial charge in [0.15, 0.2) is 11.0 Å².